The summed E-state index contributed by atoms with van der Waals surface area (Å²) in [5.74, 6) is 0.665. The number of pyridine rings is 2. The highest BCUT2D eigenvalue weighted by molar-refractivity contribution is 5.74. The average Bonchev–Trinajstić information content (AvgIpc) is 2.39. The summed E-state index contributed by atoms with van der Waals surface area (Å²) < 4.78 is 0. The largest absolute Gasteiger partial charge is 0.317 e. The average molecular weight is 213 g/mol. The highest BCUT2D eigenvalue weighted by Crippen LogP contribution is 2.26. The lowest BCUT2D eigenvalue weighted by molar-refractivity contribution is 0.460. The molecule has 0 aliphatic carbocycles. The number of nitrogens with zero attached hydrogens (tertiary/aromatic N) is 2. The summed E-state index contributed by atoms with van der Waals surface area (Å²) in [7, 11) is 0. The fraction of sp³-hybridized carbons (Fsp3) is 0.385. The molecule has 3 nitrogen and oxygen atoms in total. The zero-order valence-electron chi connectivity index (χ0n) is 9.19. The molecule has 1 aliphatic rings. The van der Waals surface area contributed by atoms with Crippen molar-refractivity contribution in [2.24, 2.45) is 0 Å². The van der Waals surface area contributed by atoms with Crippen molar-refractivity contribution in [2.75, 3.05) is 13.1 Å². The molecule has 0 spiro atoms. The van der Waals surface area contributed by atoms with Crippen LogP contribution in [0.15, 0.2) is 30.6 Å². The highest BCUT2D eigenvalue weighted by Gasteiger charge is 2.15. The van der Waals surface area contributed by atoms with Crippen LogP contribution in [0.2, 0.25) is 0 Å². The molecule has 82 valence electrons. The number of aromatic nitrogens is 2. The fourth-order valence-corrected chi connectivity index (χ4v) is 2.36. The van der Waals surface area contributed by atoms with Gasteiger partial charge in [-0.25, -0.2) is 9.97 Å². The van der Waals surface area contributed by atoms with Crippen molar-refractivity contribution in [1.82, 2.24) is 15.3 Å². The first-order valence-electron chi connectivity index (χ1n) is 5.85. The summed E-state index contributed by atoms with van der Waals surface area (Å²) in [4.78, 5) is 8.67. The van der Waals surface area contributed by atoms with Crippen LogP contribution in [0, 0.1) is 0 Å². The maximum absolute atomic E-state index is 4.42. The van der Waals surface area contributed by atoms with Gasteiger partial charge in [0.15, 0.2) is 5.65 Å². The third-order valence-electron chi connectivity index (χ3n) is 3.29. The number of fused-ring (bicyclic) bond motifs is 1. The number of hydrogen-bond acceptors (Lipinski definition) is 3. The molecule has 1 N–H and O–H groups in total. The van der Waals surface area contributed by atoms with E-state index >= 15 is 0 Å². The van der Waals surface area contributed by atoms with E-state index in [1.165, 1.54) is 18.4 Å². The van der Waals surface area contributed by atoms with Gasteiger partial charge in [-0.05, 0) is 55.6 Å². The van der Waals surface area contributed by atoms with Crippen molar-refractivity contribution in [3.8, 4) is 0 Å². The topological polar surface area (TPSA) is 37.8 Å². The molecule has 0 saturated carbocycles. The van der Waals surface area contributed by atoms with Crippen LogP contribution in [0.5, 0.6) is 0 Å². The number of rotatable bonds is 1. The summed E-state index contributed by atoms with van der Waals surface area (Å²) >= 11 is 0. The monoisotopic (exact) mass is 213 g/mol. The SMILES string of the molecule is c1cnc2ncc(C3CCNCC3)cc2c1. The van der Waals surface area contributed by atoms with Crippen molar-refractivity contribution >= 4 is 11.0 Å². The van der Waals surface area contributed by atoms with Crippen molar-refractivity contribution < 1.29 is 0 Å². The van der Waals surface area contributed by atoms with Gasteiger partial charge in [0.25, 0.3) is 0 Å². The smallest absolute Gasteiger partial charge is 0.159 e. The zero-order valence-corrected chi connectivity index (χ0v) is 9.19. The Morgan fingerprint density at radius 1 is 1.19 bits per heavy atom. The van der Waals surface area contributed by atoms with E-state index in [0.717, 1.165) is 24.1 Å². The van der Waals surface area contributed by atoms with Crippen LogP contribution >= 0.6 is 0 Å². The number of piperidine rings is 1. The molecular formula is C13H15N3. The first-order valence-corrected chi connectivity index (χ1v) is 5.85. The first-order chi connectivity index (χ1) is 7.93. The minimum atomic E-state index is 0.665. The third-order valence-corrected chi connectivity index (χ3v) is 3.29. The summed E-state index contributed by atoms with van der Waals surface area (Å²) in [6, 6.07) is 6.29. The summed E-state index contributed by atoms with van der Waals surface area (Å²) in [5.41, 5.74) is 2.21. The Labute approximate surface area is 94.9 Å². The molecule has 0 unspecified atom stereocenters. The molecule has 1 fully saturated rings. The number of hydrogen-bond donors (Lipinski definition) is 1. The van der Waals surface area contributed by atoms with Crippen LogP contribution in [0.3, 0.4) is 0 Å². The van der Waals surface area contributed by atoms with Gasteiger partial charge in [-0.1, -0.05) is 0 Å². The maximum atomic E-state index is 4.42. The van der Waals surface area contributed by atoms with E-state index in [1.54, 1.807) is 6.20 Å². The minimum absolute atomic E-state index is 0.665. The Kier molecular flexibility index (Phi) is 2.54. The van der Waals surface area contributed by atoms with Crippen molar-refractivity contribution in [2.45, 2.75) is 18.8 Å². The van der Waals surface area contributed by atoms with Crippen molar-refractivity contribution in [3.05, 3.63) is 36.2 Å². The molecule has 0 bridgehead atoms. The number of nitrogens with one attached hydrogen (secondary N) is 1. The van der Waals surface area contributed by atoms with Gasteiger partial charge in [-0.2, -0.15) is 0 Å². The Morgan fingerprint density at radius 2 is 2.06 bits per heavy atom. The van der Waals surface area contributed by atoms with Crippen molar-refractivity contribution in [1.29, 1.82) is 0 Å². The quantitative estimate of drug-likeness (QED) is 0.788. The fourth-order valence-electron chi connectivity index (χ4n) is 2.36. The molecule has 0 amide bonds. The highest BCUT2D eigenvalue weighted by atomic mass is 14.9. The molecule has 0 radical (unpaired) electrons. The van der Waals surface area contributed by atoms with Gasteiger partial charge in [0.05, 0.1) is 0 Å². The van der Waals surface area contributed by atoms with E-state index in [-0.39, 0.29) is 0 Å². The molecule has 3 rings (SSSR count). The second-order valence-corrected chi connectivity index (χ2v) is 4.34. The van der Waals surface area contributed by atoms with E-state index in [9.17, 15) is 0 Å². The molecular weight excluding hydrogens is 198 g/mol. The molecule has 3 heterocycles. The molecule has 1 saturated heterocycles. The zero-order chi connectivity index (χ0) is 10.8. The predicted octanol–water partition coefficient (Wildman–Crippen LogP) is 2.10. The van der Waals surface area contributed by atoms with Crippen LogP contribution in [0.4, 0.5) is 0 Å². The van der Waals surface area contributed by atoms with E-state index in [1.807, 2.05) is 12.3 Å². The van der Waals surface area contributed by atoms with Gasteiger partial charge in [-0.3, -0.25) is 0 Å². The lowest BCUT2D eigenvalue weighted by Gasteiger charge is -2.22. The van der Waals surface area contributed by atoms with Gasteiger partial charge in [0, 0.05) is 17.8 Å². The Balaban J connectivity index is 1.97. The molecule has 1 aliphatic heterocycles. The van der Waals surface area contributed by atoms with Gasteiger partial charge in [-0.15, -0.1) is 0 Å². The van der Waals surface area contributed by atoms with E-state index in [0.29, 0.717) is 5.92 Å². The first kappa shape index (κ1) is 9.73. The lowest BCUT2D eigenvalue weighted by atomic mass is 9.91. The Morgan fingerprint density at radius 3 is 2.94 bits per heavy atom. The van der Waals surface area contributed by atoms with Crippen LogP contribution in [-0.2, 0) is 0 Å². The normalized spacial score (nSPS) is 17.8. The van der Waals surface area contributed by atoms with E-state index < -0.39 is 0 Å². The standard InChI is InChI=1S/C13H15N3/c1-2-11-8-12(9-16-13(11)15-5-1)10-3-6-14-7-4-10/h1-2,5,8-10,14H,3-4,6-7H2. The summed E-state index contributed by atoms with van der Waals surface area (Å²) in [6.45, 7) is 2.24. The van der Waals surface area contributed by atoms with Crippen LogP contribution in [-0.4, -0.2) is 23.1 Å². The second-order valence-electron chi connectivity index (χ2n) is 4.34. The molecule has 3 heteroatoms. The van der Waals surface area contributed by atoms with E-state index in [2.05, 4.69) is 27.4 Å². The second kappa shape index (κ2) is 4.18. The maximum Gasteiger partial charge on any atom is 0.159 e. The van der Waals surface area contributed by atoms with Crippen LogP contribution in [0.1, 0.15) is 24.3 Å². The predicted molar refractivity (Wildman–Crippen MR) is 64.4 cm³/mol. The third kappa shape index (κ3) is 1.78. The molecule has 0 aromatic carbocycles. The van der Waals surface area contributed by atoms with Gasteiger partial charge in [0.1, 0.15) is 0 Å². The summed E-state index contributed by atoms with van der Waals surface area (Å²) in [5, 5.41) is 4.54. The lowest BCUT2D eigenvalue weighted by Crippen LogP contribution is -2.26. The molecule has 2 aromatic rings. The Bertz CT molecular complexity index is 489. The van der Waals surface area contributed by atoms with Gasteiger partial charge >= 0.3 is 0 Å². The Hall–Kier alpha value is -1.48. The minimum Gasteiger partial charge on any atom is -0.317 e. The van der Waals surface area contributed by atoms with Crippen molar-refractivity contribution in [3.63, 3.8) is 0 Å². The molecule has 0 atom stereocenters. The summed E-state index contributed by atoms with van der Waals surface area (Å²) in [6.07, 6.45) is 6.21. The van der Waals surface area contributed by atoms with Gasteiger partial charge < -0.3 is 5.32 Å². The van der Waals surface area contributed by atoms with Crippen LogP contribution in [0.25, 0.3) is 11.0 Å². The van der Waals surface area contributed by atoms with Crippen LogP contribution < -0.4 is 5.32 Å². The van der Waals surface area contributed by atoms with Gasteiger partial charge in [0.2, 0.25) is 0 Å². The molecule has 2 aromatic heterocycles. The molecule has 16 heavy (non-hydrogen) atoms. The van der Waals surface area contributed by atoms with E-state index in [4.69, 9.17) is 0 Å².